The maximum Gasteiger partial charge on any atom is 0.241 e. The molecule has 6 heteroatoms. The van der Waals surface area contributed by atoms with Gasteiger partial charge < -0.3 is 11.1 Å². The molecule has 18 heavy (non-hydrogen) atoms. The summed E-state index contributed by atoms with van der Waals surface area (Å²) in [4.78, 5) is 11.7. The predicted molar refractivity (Wildman–Crippen MR) is 76.7 cm³/mol. The number of rotatable bonds is 6. The van der Waals surface area contributed by atoms with Crippen molar-refractivity contribution >= 4 is 23.4 Å². The van der Waals surface area contributed by atoms with Crippen LogP contribution in [0.3, 0.4) is 0 Å². The maximum absolute atomic E-state index is 11.7. The number of nitrogen functional groups attached to an aromatic ring is 1. The van der Waals surface area contributed by atoms with Crippen molar-refractivity contribution in [2.45, 2.75) is 39.0 Å². The van der Waals surface area contributed by atoms with Crippen molar-refractivity contribution < 1.29 is 4.79 Å². The minimum atomic E-state index is -0.0195. The number of nitrogens with zero attached hydrogens (tertiary/aromatic N) is 2. The third kappa shape index (κ3) is 3.94. The van der Waals surface area contributed by atoms with Gasteiger partial charge in [0.05, 0.1) is 17.1 Å². The summed E-state index contributed by atoms with van der Waals surface area (Å²) < 4.78 is 1.65. The van der Waals surface area contributed by atoms with E-state index in [4.69, 9.17) is 5.73 Å². The fraction of sp³-hybridized carbons (Fsp3) is 0.667. The molecule has 5 nitrogen and oxygen atoms in total. The average molecular weight is 270 g/mol. The Morgan fingerprint density at radius 1 is 1.56 bits per heavy atom. The van der Waals surface area contributed by atoms with Gasteiger partial charge in [0.15, 0.2) is 0 Å². The van der Waals surface area contributed by atoms with Gasteiger partial charge in [0, 0.05) is 11.8 Å². The van der Waals surface area contributed by atoms with Gasteiger partial charge in [0.1, 0.15) is 6.54 Å². The van der Waals surface area contributed by atoms with Gasteiger partial charge >= 0.3 is 0 Å². The molecule has 0 aliphatic carbocycles. The van der Waals surface area contributed by atoms with Gasteiger partial charge in [-0.3, -0.25) is 9.48 Å². The van der Waals surface area contributed by atoms with E-state index < -0.39 is 0 Å². The summed E-state index contributed by atoms with van der Waals surface area (Å²) in [7, 11) is 0. The Kier molecular flexibility index (Phi) is 5.53. The Labute approximate surface area is 112 Å². The first kappa shape index (κ1) is 14.9. The highest BCUT2D eigenvalue weighted by Crippen LogP contribution is 2.14. The molecule has 0 saturated carbocycles. The topological polar surface area (TPSA) is 72.9 Å². The summed E-state index contributed by atoms with van der Waals surface area (Å²) in [6, 6.07) is 0. The first-order valence-electron chi connectivity index (χ1n) is 6.04. The van der Waals surface area contributed by atoms with Gasteiger partial charge in [0.25, 0.3) is 0 Å². The lowest BCUT2D eigenvalue weighted by Gasteiger charge is -2.09. The van der Waals surface area contributed by atoms with Crippen LogP contribution in [0, 0.1) is 13.8 Å². The Hall–Kier alpha value is -1.17. The molecule has 0 bridgehead atoms. The van der Waals surface area contributed by atoms with E-state index in [0.717, 1.165) is 17.8 Å². The number of aryl methyl sites for hydroxylation is 1. The molecule has 1 aromatic heterocycles. The Morgan fingerprint density at radius 2 is 2.22 bits per heavy atom. The van der Waals surface area contributed by atoms with Crippen LogP contribution in [0.4, 0.5) is 5.69 Å². The first-order valence-corrected chi connectivity index (χ1v) is 7.33. The van der Waals surface area contributed by atoms with Crippen molar-refractivity contribution in [3.05, 3.63) is 11.4 Å². The van der Waals surface area contributed by atoms with E-state index in [1.807, 2.05) is 13.8 Å². The van der Waals surface area contributed by atoms with Crippen molar-refractivity contribution in [2.24, 2.45) is 0 Å². The normalized spacial score (nSPS) is 12.4. The second-order valence-electron chi connectivity index (χ2n) is 4.43. The molecule has 0 aromatic carbocycles. The lowest BCUT2D eigenvalue weighted by atomic mass is 10.3. The molecule has 102 valence electrons. The quantitative estimate of drug-likeness (QED) is 0.818. The van der Waals surface area contributed by atoms with E-state index in [-0.39, 0.29) is 12.5 Å². The van der Waals surface area contributed by atoms with Gasteiger partial charge in [-0.15, -0.1) is 0 Å². The van der Waals surface area contributed by atoms with Crippen molar-refractivity contribution in [3.63, 3.8) is 0 Å². The van der Waals surface area contributed by atoms with E-state index in [1.54, 1.807) is 16.4 Å². The van der Waals surface area contributed by atoms with Crippen LogP contribution < -0.4 is 11.1 Å². The minimum absolute atomic E-state index is 0.0195. The highest BCUT2D eigenvalue weighted by molar-refractivity contribution is 7.99. The van der Waals surface area contributed by atoms with E-state index in [2.05, 4.69) is 23.6 Å². The average Bonchev–Trinajstić information content (AvgIpc) is 2.56. The van der Waals surface area contributed by atoms with Crippen molar-refractivity contribution in [1.29, 1.82) is 0 Å². The second-order valence-corrected chi connectivity index (χ2v) is 5.70. The summed E-state index contributed by atoms with van der Waals surface area (Å²) in [5.74, 6) is -0.0195. The van der Waals surface area contributed by atoms with Crippen LogP contribution in [-0.2, 0) is 11.3 Å². The molecule has 1 amide bonds. The smallest absolute Gasteiger partial charge is 0.241 e. The molecule has 0 radical (unpaired) electrons. The summed E-state index contributed by atoms with van der Waals surface area (Å²) in [6.45, 7) is 6.81. The fourth-order valence-electron chi connectivity index (χ4n) is 1.59. The zero-order valence-electron chi connectivity index (χ0n) is 11.5. The number of carbonyl (C=O) groups is 1. The SMILES string of the molecule is CSC(C)CCNC(=O)Cn1nc(C)c(N)c1C. The minimum Gasteiger partial charge on any atom is -0.396 e. The fourth-order valence-corrected chi connectivity index (χ4v) is 1.94. The van der Waals surface area contributed by atoms with Gasteiger partial charge in [0.2, 0.25) is 5.91 Å². The number of aromatic nitrogens is 2. The molecule has 0 aliphatic rings. The summed E-state index contributed by atoms with van der Waals surface area (Å²) in [5, 5.41) is 7.70. The third-order valence-electron chi connectivity index (χ3n) is 3.01. The standard InChI is InChI=1S/C12H22N4OS/c1-8(18-4)5-6-14-11(17)7-16-10(3)12(13)9(2)15-16/h8H,5-7,13H2,1-4H3,(H,14,17). The second kappa shape index (κ2) is 6.68. The van der Waals surface area contributed by atoms with Crippen molar-refractivity contribution in [1.82, 2.24) is 15.1 Å². The van der Waals surface area contributed by atoms with Crippen LogP contribution in [0.25, 0.3) is 0 Å². The van der Waals surface area contributed by atoms with Crippen LogP contribution in [0.15, 0.2) is 0 Å². The van der Waals surface area contributed by atoms with Crippen molar-refractivity contribution in [2.75, 3.05) is 18.5 Å². The molecule has 1 unspecified atom stereocenters. The Morgan fingerprint density at radius 3 is 2.72 bits per heavy atom. The molecule has 0 saturated heterocycles. The lowest BCUT2D eigenvalue weighted by Crippen LogP contribution is -2.30. The van der Waals surface area contributed by atoms with Crippen LogP contribution in [0.1, 0.15) is 24.7 Å². The number of amides is 1. The number of hydrogen-bond donors (Lipinski definition) is 2. The van der Waals surface area contributed by atoms with E-state index in [1.165, 1.54) is 0 Å². The number of thioether (sulfide) groups is 1. The highest BCUT2D eigenvalue weighted by Gasteiger charge is 2.11. The largest absolute Gasteiger partial charge is 0.396 e. The van der Waals surface area contributed by atoms with E-state index in [9.17, 15) is 4.79 Å². The summed E-state index contributed by atoms with van der Waals surface area (Å²) >= 11 is 1.80. The third-order valence-corrected chi connectivity index (χ3v) is 4.05. The molecule has 0 fully saturated rings. The van der Waals surface area contributed by atoms with E-state index in [0.29, 0.717) is 17.5 Å². The van der Waals surface area contributed by atoms with Crippen molar-refractivity contribution in [3.8, 4) is 0 Å². The molecule has 0 spiro atoms. The van der Waals surface area contributed by atoms with Gasteiger partial charge in [-0.1, -0.05) is 6.92 Å². The molecule has 1 atom stereocenters. The molecular formula is C12H22N4OS. The molecule has 1 aromatic rings. The van der Waals surface area contributed by atoms with Crippen LogP contribution >= 0.6 is 11.8 Å². The molecule has 1 rings (SSSR count). The number of anilines is 1. The molecule has 1 heterocycles. The lowest BCUT2D eigenvalue weighted by molar-refractivity contribution is -0.121. The zero-order valence-corrected chi connectivity index (χ0v) is 12.3. The zero-order chi connectivity index (χ0) is 13.7. The van der Waals surface area contributed by atoms with Gasteiger partial charge in [-0.05, 0) is 26.5 Å². The van der Waals surface area contributed by atoms with E-state index >= 15 is 0 Å². The summed E-state index contributed by atoms with van der Waals surface area (Å²) in [6.07, 6.45) is 3.05. The van der Waals surface area contributed by atoms with Crippen LogP contribution in [0.5, 0.6) is 0 Å². The molecular weight excluding hydrogens is 248 g/mol. The van der Waals surface area contributed by atoms with Gasteiger partial charge in [-0.2, -0.15) is 16.9 Å². The highest BCUT2D eigenvalue weighted by atomic mass is 32.2. The predicted octanol–water partition coefficient (Wildman–Crippen LogP) is 1.34. The Bertz CT molecular complexity index is 416. The first-order chi connectivity index (χ1) is 8.45. The van der Waals surface area contributed by atoms with Gasteiger partial charge in [-0.25, -0.2) is 0 Å². The molecule has 0 aliphatic heterocycles. The number of carbonyl (C=O) groups excluding carboxylic acids is 1. The number of hydrogen-bond acceptors (Lipinski definition) is 4. The summed E-state index contributed by atoms with van der Waals surface area (Å²) in [5.41, 5.74) is 8.11. The number of nitrogens with one attached hydrogen (secondary N) is 1. The van der Waals surface area contributed by atoms with Crippen LogP contribution in [-0.4, -0.2) is 33.7 Å². The van der Waals surface area contributed by atoms with Crippen LogP contribution in [0.2, 0.25) is 0 Å². The molecule has 3 N–H and O–H groups in total. The Balaban J connectivity index is 2.43. The maximum atomic E-state index is 11.7. The monoisotopic (exact) mass is 270 g/mol. The number of nitrogens with two attached hydrogens (primary N) is 1.